The van der Waals surface area contributed by atoms with Crippen LogP contribution in [0.4, 0.5) is 5.69 Å². The van der Waals surface area contributed by atoms with Crippen LogP contribution in [-0.2, 0) is 15.9 Å². The number of unbranched alkanes of at least 4 members (excludes halogenated alkanes) is 6. The number of hydrogen-bond donors (Lipinski definition) is 0. The first-order chi connectivity index (χ1) is 30.1. The van der Waals surface area contributed by atoms with Crippen LogP contribution in [0, 0.1) is 39.9 Å². The molecule has 0 radical (unpaired) electrons. The predicted octanol–water partition coefficient (Wildman–Crippen LogP) is 15.0. The second-order valence-electron chi connectivity index (χ2n) is 16.7. The molecule has 2 aromatic carbocycles. The van der Waals surface area contributed by atoms with Gasteiger partial charge in [0.25, 0.3) is 0 Å². The summed E-state index contributed by atoms with van der Waals surface area (Å²) < 4.78 is 25.1. The van der Waals surface area contributed by atoms with Crippen LogP contribution in [0.5, 0.6) is 11.5 Å². The van der Waals surface area contributed by atoms with E-state index in [2.05, 4.69) is 87.5 Å². The van der Waals surface area contributed by atoms with Gasteiger partial charge in [-0.15, -0.1) is 45.3 Å². The number of hydrogen-bond acceptors (Lipinski definition) is 11. The minimum atomic E-state index is -1.11. The molecule has 0 N–H and O–H groups in total. The van der Waals surface area contributed by atoms with E-state index in [9.17, 15) is 15.8 Å². The molecule has 7 nitrogen and oxygen atoms in total. The van der Waals surface area contributed by atoms with Crippen LogP contribution in [-0.4, -0.2) is 27.3 Å². The van der Waals surface area contributed by atoms with Gasteiger partial charge in [-0.2, -0.15) is 15.8 Å². The SMILES string of the molecule is CCCCCCC1(CCCCCC)Oc2c(sc3cc(/C=C/C4=C(C#N)C(C(C#N)C#N)OC4(C)c4ccccc4)sc23)-c2sc3cc(-c4ccc(N(C)C)cc4OC)sc3c21. The molecule has 0 saturated carbocycles. The second kappa shape index (κ2) is 18.4. The van der Waals surface area contributed by atoms with E-state index in [0.717, 1.165) is 63.6 Å². The summed E-state index contributed by atoms with van der Waals surface area (Å²) in [6.07, 6.45) is 14.4. The summed E-state index contributed by atoms with van der Waals surface area (Å²) in [7, 11) is 5.87. The third-order valence-corrected chi connectivity index (χ3v) is 17.4. The number of methoxy groups -OCH3 is 1. The number of nitriles is 3. The fourth-order valence-corrected chi connectivity index (χ4v) is 14.5. The molecule has 62 heavy (non-hydrogen) atoms. The molecule has 0 saturated heterocycles. The van der Waals surface area contributed by atoms with Crippen molar-refractivity contribution in [2.24, 2.45) is 5.92 Å². The summed E-state index contributed by atoms with van der Waals surface area (Å²) in [5, 5.41) is 30.1. The van der Waals surface area contributed by atoms with E-state index in [1.165, 1.54) is 72.8 Å². The van der Waals surface area contributed by atoms with Gasteiger partial charge in [-0.25, -0.2) is 0 Å². The van der Waals surface area contributed by atoms with Gasteiger partial charge in [0.2, 0.25) is 0 Å². The monoisotopic (exact) mass is 896 g/mol. The summed E-state index contributed by atoms with van der Waals surface area (Å²) in [6.45, 7) is 6.47. The second-order valence-corrected chi connectivity index (χ2v) is 20.9. The van der Waals surface area contributed by atoms with Crippen molar-refractivity contribution in [3.63, 3.8) is 0 Å². The van der Waals surface area contributed by atoms with Gasteiger partial charge in [-0.1, -0.05) is 88.8 Å². The average molecular weight is 897 g/mol. The standard InChI is InChI=1S/C51H52N4O3S4/c1-7-9-11-16-24-51(25-17-12-10-8-2)43-46-42(28-40(60-46)36-22-20-34(55(4)5)26-39(36)56-6)61-48(43)49-45(58-51)47-41(62-49)27-35(59-47)21-23-38-37(31-54)44(32(29-52)30-53)57-50(38,3)33-18-14-13-15-19-33/h13-15,18-23,26-28,32,44H,7-12,16-17,24-25H2,1-6H3/b23-21+. The van der Waals surface area contributed by atoms with Crippen LogP contribution in [0.25, 0.3) is 45.1 Å². The first-order valence-corrected chi connectivity index (χ1v) is 24.9. The zero-order valence-electron chi connectivity index (χ0n) is 36.3. The van der Waals surface area contributed by atoms with E-state index in [1.807, 2.05) is 77.3 Å². The Bertz CT molecular complexity index is 2760. The minimum Gasteiger partial charge on any atom is -0.496 e. The molecule has 0 fully saturated rings. The summed E-state index contributed by atoms with van der Waals surface area (Å²) in [5.74, 6) is 0.772. The number of nitrogens with zero attached hydrogens (tertiary/aromatic N) is 4. The van der Waals surface area contributed by atoms with Crippen molar-refractivity contribution in [2.45, 2.75) is 102 Å². The molecule has 2 aliphatic heterocycles. The zero-order valence-corrected chi connectivity index (χ0v) is 39.6. The molecule has 0 bridgehead atoms. The Hall–Kier alpha value is -4.93. The maximum Gasteiger partial charge on any atom is 0.164 e. The van der Waals surface area contributed by atoms with Gasteiger partial charge < -0.3 is 19.1 Å². The largest absolute Gasteiger partial charge is 0.496 e. The molecule has 2 unspecified atom stereocenters. The quantitative estimate of drug-likeness (QED) is 0.0840. The Morgan fingerprint density at radius 1 is 0.806 bits per heavy atom. The van der Waals surface area contributed by atoms with Crippen molar-refractivity contribution in [1.82, 2.24) is 0 Å². The maximum absolute atomic E-state index is 10.5. The smallest absolute Gasteiger partial charge is 0.164 e. The van der Waals surface area contributed by atoms with Gasteiger partial charge in [0.05, 0.1) is 54.7 Å². The lowest BCUT2D eigenvalue weighted by atomic mass is 9.81. The third-order valence-electron chi connectivity index (χ3n) is 12.4. The lowest BCUT2D eigenvalue weighted by Gasteiger charge is -2.39. The molecule has 6 heterocycles. The van der Waals surface area contributed by atoms with Crippen molar-refractivity contribution < 1.29 is 14.2 Å². The van der Waals surface area contributed by atoms with E-state index in [1.54, 1.807) is 18.4 Å². The summed E-state index contributed by atoms with van der Waals surface area (Å²) >= 11 is 7.31. The van der Waals surface area contributed by atoms with Crippen LogP contribution < -0.4 is 14.4 Å². The average Bonchev–Trinajstić information content (AvgIpc) is 4.10. The highest BCUT2D eigenvalue weighted by Crippen LogP contribution is 2.62. The van der Waals surface area contributed by atoms with Crippen LogP contribution in [0.2, 0.25) is 0 Å². The van der Waals surface area contributed by atoms with Crippen molar-refractivity contribution in [3.05, 3.63) is 93.9 Å². The van der Waals surface area contributed by atoms with E-state index in [4.69, 9.17) is 14.2 Å². The normalized spacial score (nSPS) is 17.9. The highest BCUT2D eigenvalue weighted by Gasteiger charge is 2.48. The molecule has 4 aromatic heterocycles. The Morgan fingerprint density at radius 2 is 1.50 bits per heavy atom. The molecule has 318 valence electrons. The molecule has 0 spiro atoms. The number of benzene rings is 2. The van der Waals surface area contributed by atoms with Gasteiger partial charge >= 0.3 is 0 Å². The first kappa shape index (κ1) is 43.7. The van der Waals surface area contributed by atoms with E-state index in [-0.39, 0.29) is 0 Å². The lowest BCUT2D eigenvalue weighted by Crippen LogP contribution is -2.35. The Labute approximate surface area is 381 Å². The van der Waals surface area contributed by atoms with Crippen LogP contribution >= 0.6 is 45.3 Å². The number of ether oxygens (including phenoxy) is 3. The molecule has 2 aliphatic rings. The van der Waals surface area contributed by atoms with Crippen molar-refractivity contribution in [3.8, 4) is 49.9 Å². The Balaban J connectivity index is 1.24. The summed E-state index contributed by atoms with van der Waals surface area (Å²) in [6, 6.07) is 27.2. The number of fused-ring (bicyclic) bond motifs is 7. The van der Waals surface area contributed by atoms with Crippen LogP contribution in [0.3, 0.4) is 0 Å². The van der Waals surface area contributed by atoms with Crippen LogP contribution in [0.1, 0.15) is 101 Å². The topological polar surface area (TPSA) is 102 Å². The van der Waals surface area contributed by atoms with Gasteiger partial charge in [-0.05, 0) is 68.5 Å². The number of anilines is 1. The van der Waals surface area contributed by atoms with Gasteiger partial charge in [-0.3, -0.25) is 0 Å². The van der Waals surface area contributed by atoms with Crippen LogP contribution in [0.15, 0.2) is 77.9 Å². The zero-order chi connectivity index (χ0) is 43.6. The number of thiophene rings is 4. The van der Waals surface area contributed by atoms with Crippen molar-refractivity contribution in [1.29, 1.82) is 15.8 Å². The van der Waals surface area contributed by atoms with Crippen molar-refractivity contribution in [2.75, 3.05) is 26.1 Å². The molecule has 0 amide bonds. The molecule has 0 aliphatic carbocycles. The fraction of sp³-hybridized carbons (Fsp3) is 0.392. The highest BCUT2D eigenvalue weighted by molar-refractivity contribution is 7.35. The van der Waals surface area contributed by atoms with E-state index in [0.29, 0.717) is 11.1 Å². The van der Waals surface area contributed by atoms with Gasteiger partial charge in [0.15, 0.2) is 11.7 Å². The maximum atomic E-state index is 10.5. The summed E-state index contributed by atoms with van der Waals surface area (Å²) in [5.41, 5.74) is 3.96. The van der Waals surface area contributed by atoms with E-state index < -0.39 is 23.2 Å². The first-order valence-electron chi connectivity index (χ1n) is 21.7. The van der Waals surface area contributed by atoms with E-state index >= 15 is 0 Å². The molecule has 2 atom stereocenters. The number of rotatable bonds is 17. The Morgan fingerprint density at radius 3 is 2.15 bits per heavy atom. The van der Waals surface area contributed by atoms with Gasteiger partial charge in [0.1, 0.15) is 23.1 Å². The third kappa shape index (κ3) is 7.87. The Kier molecular flexibility index (Phi) is 13.0. The molecule has 8 rings (SSSR count). The predicted molar refractivity (Wildman–Crippen MR) is 260 cm³/mol. The summed E-state index contributed by atoms with van der Waals surface area (Å²) in [4.78, 5) is 6.92. The van der Waals surface area contributed by atoms with Crippen molar-refractivity contribution >= 4 is 75.9 Å². The molecular weight excluding hydrogens is 845 g/mol. The lowest BCUT2D eigenvalue weighted by molar-refractivity contribution is -0.0283. The highest BCUT2D eigenvalue weighted by atomic mass is 32.1. The van der Waals surface area contributed by atoms with Gasteiger partial charge in [0, 0.05) is 57.0 Å². The minimum absolute atomic E-state index is 0.313. The fourth-order valence-electron chi connectivity index (χ4n) is 9.07. The molecule has 6 aromatic rings. The molecular formula is C51H52N4O3S4. The molecule has 11 heteroatoms.